The van der Waals surface area contributed by atoms with E-state index in [0.29, 0.717) is 5.82 Å². The lowest BCUT2D eigenvalue weighted by Gasteiger charge is -2.16. The van der Waals surface area contributed by atoms with Gasteiger partial charge in [0.25, 0.3) is 0 Å². The second-order valence-corrected chi connectivity index (χ2v) is 11.8. The summed E-state index contributed by atoms with van der Waals surface area (Å²) in [5.41, 5.74) is 4.28. The molecule has 0 N–H and O–H groups in total. The minimum absolute atomic E-state index is 0.0438. The first-order chi connectivity index (χ1) is 9.82. The minimum Gasteiger partial charge on any atom is -0.320 e. The second-order valence-electron chi connectivity index (χ2n) is 7.03. The number of carbonyl (C=O) groups excluding carboxylic acids is 1. The molecule has 1 spiro atoms. The molecule has 0 unspecified atom stereocenters. The highest BCUT2D eigenvalue weighted by molar-refractivity contribution is 6.83. The van der Waals surface area contributed by atoms with E-state index in [1.54, 1.807) is 11.1 Å². The van der Waals surface area contributed by atoms with Crippen LogP contribution in [0.2, 0.25) is 19.6 Å². The van der Waals surface area contributed by atoms with Gasteiger partial charge in [-0.15, -0.1) is 5.54 Å². The zero-order valence-corrected chi connectivity index (χ0v) is 14.1. The Morgan fingerprint density at radius 3 is 2.62 bits per heavy atom. The zero-order chi connectivity index (χ0) is 15.3. The van der Waals surface area contributed by atoms with Crippen LogP contribution < -0.4 is 4.90 Å². The van der Waals surface area contributed by atoms with Gasteiger partial charge in [0, 0.05) is 13.2 Å². The number of aromatic nitrogens is 1. The predicted octanol–water partition coefficient (Wildman–Crippen LogP) is 2.71. The van der Waals surface area contributed by atoms with Crippen molar-refractivity contribution in [2.75, 3.05) is 18.5 Å². The average Bonchev–Trinajstić information content (AvgIpc) is 3.17. The molecule has 2 amide bonds. The van der Waals surface area contributed by atoms with E-state index in [1.807, 2.05) is 24.1 Å². The molecule has 2 aliphatic rings. The third kappa shape index (κ3) is 2.56. The SMILES string of the molecule is CN1C(=O)N(c2ncccc2C#C[Si](C)(C)C)CC12CC2. The molecule has 0 aromatic carbocycles. The van der Waals surface area contributed by atoms with Crippen LogP contribution in [0, 0.1) is 11.5 Å². The van der Waals surface area contributed by atoms with Gasteiger partial charge in [0.15, 0.2) is 5.82 Å². The van der Waals surface area contributed by atoms with Crippen molar-refractivity contribution < 1.29 is 4.79 Å². The first kappa shape index (κ1) is 14.1. The Bertz CT molecular complexity index is 649. The highest BCUT2D eigenvalue weighted by atomic mass is 28.3. The number of pyridine rings is 1. The first-order valence-corrected chi connectivity index (χ1v) is 10.9. The van der Waals surface area contributed by atoms with Gasteiger partial charge in [0.2, 0.25) is 0 Å². The van der Waals surface area contributed by atoms with Gasteiger partial charge in [-0.3, -0.25) is 4.90 Å². The molecule has 1 aliphatic carbocycles. The maximum absolute atomic E-state index is 12.5. The van der Waals surface area contributed by atoms with Crippen molar-refractivity contribution in [3.63, 3.8) is 0 Å². The van der Waals surface area contributed by atoms with Crippen molar-refractivity contribution >= 4 is 19.9 Å². The number of nitrogens with zero attached hydrogens (tertiary/aromatic N) is 3. The molecule has 21 heavy (non-hydrogen) atoms. The molecule has 1 saturated carbocycles. The Balaban J connectivity index is 1.96. The molecule has 2 heterocycles. The Kier molecular flexibility index (Phi) is 3.10. The van der Waals surface area contributed by atoms with Crippen molar-refractivity contribution in [2.45, 2.75) is 38.0 Å². The summed E-state index contributed by atoms with van der Waals surface area (Å²) in [4.78, 5) is 20.6. The van der Waals surface area contributed by atoms with E-state index in [0.717, 1.165) is 24.9 Å². The monoisotopic (exact) mass is 299 g/mol. The lowest BCUT2D eigenvalue weighted by Crippen LogP contribution is -2.32. The van der Waals surface area contributed by atoms with Crippen LogP contribution in [-0.2, 0) is 0 Å². The van der Waals surface area contributed by atoms with Gasteiger partial charge in [0.1, 0.15) is 8.07 Å². The summed E-state index contributed by atoms with van der Waals surface area (Å²) in [6.45, 7) is 7.37. The maximum Gasteiger partial charge on any atom is 0.326 e. The van der Waals surface area contributed by atoms with Crippen LogP contribution in [0.1, 0.15) is 18.4 Å². The molecule has 0 bridgehead atoms. The zero-order valence-electron chi connectivity index (χ0n) is 13.1. The first-order valence-electron chi connectivity index (χ1n) is 7.36. The molecule has 1 aromatic rings. The fourth-order valence-corrected chi connectivity index (χ4v) is 3.13. The molecule has 4 nitrogen and oxygen atoms in total. The Hall–Kier alpha value is -1.80. The largest absolute Gasteiger partial charge is 0.326 e. The van der Waals surface area contributed by atoms with Crippen LogP contribution in [0.25, 0.3) is 0 Å². The van der Waals surface area contributed by atoms with Crippen LogP contribution in [0.3, 0.4) is 0 Å². The summed E-state index contributed by atoms with van der Waals surface area (Å²) >= 11 is 0. The topological polar surface area (TPSA) is 36.4 Å². The number of likely N-dealkylation sites (N-methyl/N-ethyl adjacent to an activating group) is 1. The normalized spacial score (nSPS) is 19.7. The van der Waals surface area contributed by atoms with E-state index in [1.165, 1.54) is 0 Å². The summed E-state index contributed by atoms with van der Waals surface area (Å²) in [7, 11) is 0.443. The molecule has 110 valence electrons. The van der Waals surface area contributed by atoms with Crippen LogP contribution in [0.15, 0.2) is 18.3 Å². The second kappa shape index (κ2) is 4.60. The van der Waals surface area contributed by atoms with Gasteiger partial charge in [-0.1, -0.05) is 25.6 Å². The molecule has 1 aromatic heterocycles. The van der Waals surface area contributed by atoms with E-state index < -0.39 is 8.07 Å². The van der Waals surface area contributed by atoms with Gasteiger partial charge in [-0.05, 0) is 25.0 Å². The van der Waals surface area contributed by atoms with E-state index in [4.69, 9.17) is 0 Å². The fraction of sp³-hybridized carbons (Fsp3) is 0.500. The predicted molar refractivity (Wildman–Crippen MR) is 86.9 cm³/mol. The Labute approximate surface area is 127 Å². The number of urea groups is 1. The molecule has 2 fully saturated rings. The molecule has 0 radical (unpaired) electrons. The minimum atomic E-state index is -1.45. The third-order valence-electron chi connectivity index (χ3n) is 4.12. The lowest BCUT2D eigenvalue weighted by molar-refractivity contribution is 0.215. The molecule has 5 heteroatoms. The lowest BCUT2D eigenvalue weighted by atomic mass is 10.2. The van der Waals surface area contributed by atoms with Crippen LogP contribution in [0.5, 0.6) is 0 Å². The fourth-order valence-electron chi connectivity index (χ4n) is 2.62. The molecule has 3 rings (SSSR count). The Morgan fingerprint density at radius 2 is 2.05 bits per heavy atom. The summed E-state index contributed by atoms with van der Waals surface area (Å²) in [6.07, 6.45) is 3.92. The number of anilines is 1. The van der Waals surface area contributed by atoms with Gasteiger partial charge in [0.05, 0.1) is 17.6 Å². The van der Waals surface area contributed by atoms with E-state index in [2.05, 4.69) is 36.1 Å². The highest BCUT2D eigenvalue weighted by Gasteiger charge is 2.56. The van der Waals surface area contributed by atoms with Crippen LogP contribution in [-0.4, -0.2) is 43.1 Å². The van der Waals surface area contributed by atoms with Crippen LogP contribution in [0.4, 0.5) is 10.6 Å². The number of amides is 2. The van der Waals surface area contributed by atoms with Gasteiger partial charge >= 0.3 is 6.03 Å². The van der Waals surface area contributed by atoms with Crippen molar-refractivity contribution in [1.29, 1.82) is 0 Å². The summed E-state index contributed by atoms with van der Waals surface area (Å²) in [5, 5.41) is 0. The van der Waals surface area contributed by atoms with Gasteiger partial charge in [-0.2, -0.15) is 0 Å². The summed E-state index contributed by atoms with van der Waals surface area (Å²) in [6, 6.07) is 3.89. The van der Waals surface area contributed by atoms with Crippen molar-refractivity contribution in [2.24, 2.45) is 0 Å². The summed E-state index contributed by atoms with van der Waals surface area (Å²) in [5.74, 6) is 3.96. The van der Waals surface area contributed by atoms with E-state index in [9.17, 15) is 4.79 Å². The Morgan fingerprint density at radius 1 is 1.33 bits per heavy atom. The number of hydrogen-bond donors (Lipinski definition) is 0. The third-order valence-corrected chi connectivity index (χ3v) is 5.00. The molecule has 1 saturated heterocycles. The summed E-state index contributed by atoms with van der Waals surface area (Å²) < 4.78 is 0. The van der Waals surface area contributed by atoms with Crippen molar-refractivity contribution in [3.05, 3.63) is 23.9 Å². The number of hydrogen-bond acceptors (Lipinski definition) is 2. The van der Waals surface area contributed by atoms with Gasteiger partial charge < -0.3 is 4.90 Å². The van der Waals surface area contributed by atoms with Crippen LogP contribution >= 0.6 is 0 Å². The standard InChI is InChI=1S/C16H21N3OSi/c1-18-15(20)19(12-16(18)8-9-16)14-13(6-5-10-17-14)7-11-21(2,3)4/h5-6,10H,8-9,12H2,1-4H3. The molecular formula is C16H21N3OSi. The average molecular weight is 299 g/mol. The highest BCUT2D eigenvalue weighted by Crippen LogP contribution is 2.46. The van der Waals surface area contributed by atoms with Crippen molar-refractivity contribution in [3.8, 4) is 11.5 Å². The van der Waals surface area contributed by atoms with Gasteiger partial charge in [-0.25, -0.2) is 9.78 Å². The molecular weight excluding hydrogens is 278 g/mol. The smallest absolute Gasteiger partial charge is 0.320 e. The quantitative estimate of drug-likeness (QED) is 0.590. The van der Waals surface area contributed by atoms with Crippen molar-refractivity contribution in [1.82, 2.24) is 9.88 Å². The van der Waals surface area contributed by atoms with E-state index in [-0.39, 0.29) is 11.6 Å². The molecule has 0 atom stereocenters. The number of carbonyl (C=O) groups is 1. The molecule has 1 aliphatic heterocycles. The number of rotatable bonds is 1. The van der Waals surface area contributed by atoms with E-state index >= 15 is 0 Å². The maximum atomic E-state index is 12.5.